The second-order valence-corrected chi connectivity index (χ2v) is 5.03. The van der Waals surface area contributed by atoms with Crippen LogP contribution >= 0.6 is 11.6 Å². The third-order valence-electron chi connectivity index (χ3n) is 3.77. The first-order chi connectivity index (χ1) is 7.33. The lowest BCUT2D eigenvalue weighted by atomic mass is 9.86. The zero-order valence-electron chi connectivity index (χ0n) is 8.62. The third kappa shape index (κ3) is 1.77. The number of hydrogen-bond donors (Lipinski definition) is 1. The molecule has 2 nitrogen and oxygen atoms in total. The molecule has 3 rings (SSSR count). The van der Waals surface area contributed by atoms with Crippen LogP contribution in [0.5, 0.6) is 0 Å². The summed E-state index contributed by atoms with van der Waals surface area (Å²) in [5.41, 5.74) is 1.34. The van der Waals surface area contributed by atoms with Crippen molar-refractivity contribution in [2.45, 2.75) is 43.7 Å². The van der Waals surface area contributed by atoms with Crippen LogP contribution in [0.15, 0.2) is 18.3 Å². The van der Waals surface area contributed by atoms with E-state index in [9.17, 15) is 0 Å². The minimum atomic E-state index is 0.590. The maximum atomic E-state index is 5.80. The van der Waals surface area contributed by atoms with Gasteiger partial charge >= 0.3 is 0 Å². The number of aromatic nitrogens is 1. The first-order valence-electron chi connectivity index (χ1n) is 5.70. The van der Waals surface area contributed by atoms with Gasteiger partial charge in [0.1, 0.15) is 5.15 Å². The molecule has 3 heterocycles. The second kappa shape index (κ2) is 3.76. The van der Waals surface area contributed by atoms with Crippen LogP contribution in [0.1, 0.15) is 37.2 Å². The molecule has 15 heavy (non-hydrogen) atoms. The first kappa shape index (κ1) is 9.61. The molecule has 1 aromatic rings. The Hall–Kier alpha value is -0.600. The van der Waals surface area contributed by atoms with Crippen LogP contribution < -0.4 is 5.32 Å². The average Bonchev–Trinajstić information content (AvgIpc) is 2.63. The lowest BCUT2D eigenvalue weighted by Crippen LogP contribution is -2.39. The monoisotopic (exact) mass is 222 g/mol. The summed E-state index contributed by atoms with van der Waals surface area (Å²) in [6, 6.07) is 5.48. The van der Waals surface area contributed by atoms with E-state index in [4.69, 9.17) is 11.6 Å². The number of halogens is 1. The van der Waals surface area contributed by atoms with Crippen LogP contribution in [0.25, 0.3) is 0 Å². The fourth-order valence-corrected chi connectivity index (χ4v) is 3.09. The van der Waals surface area contributed by atoms with Gasteiger partial charge in [0.05, 0.1) is 0 Å². The summed E-state index contributed by atoms with van der Waals surface area (Å²) < 4.78 is 0. The maximum absolute atomic E-state index is 5.80. The van der Waals surface area contributed by atoms with Crippen molar-refractivity contribution in [2.75, 3.05) is 0 Å². The molecule has 2 aliphatic heterocycles. The fourth-order valence-electron chi connectivity index (χ4n) is 2.98. The van der Waals surface area contributed by atoms with Crippen LogP contribution in [0, 0.1) is 0 Å². The number of pyridine rings is 1. The SMILES string of the molecule is Clc1ccc([C@@H]2CC[C@H]3CC[C@@H]2N3)cn1. The zero-order valence-corrected chi connectivity index (χ0v) is 9.37. The summed E-state index contributed by atoms with van der Waals surface area (Å²) in [4.78, 5) is 4.17. The standard InChI is InChI=1S/C12H15ClN2/c13-12-6-1-8(7-14-12)10-4-2-9-3-5-11(10)15-9/h1,6-7,9-11,15H,2-5H2/t9-,10-,11-/m0/s1. The van der Waals surface area contributed by atoms with E-state index < -0.39 is 0 Å². The Balaban J connectivity index is 1.84. The predicted molar refractivity (Wildman–Crippen MR) is 61.2 cm³/mol. The molecular formula is C12H15ClN2. The average molecular weight is 223 g/mol. The highest BCUT2D eigenvalue weighted by atomic mass is 35.5. The summed E-state index contributed by atoms with van der Waals surface area (Å²) in [5.74, 6) is 0.647. The number of fused-ring (bicyclic) bond motifs is 2. The Morgan fingerprint density at radius 2 is 2.07 bits per heavy atom. The molecule has 2 fully saturated rings. The summed E-state index contributed by atoms with van der Waals surface area (Å²) in [7, 11) is 0. The summed E-state index contributed by atoms with van der Waals surface area (Å²) >= 11 is 5.80. The first-order valence-corrected chi connectivity index (χ1v) is 6.08. The van der Waals surface area contributed by atoms with E-state index in [1.54, 1.807) is 0 Å². The molecule has 80 valence electrons. The van der Waals surface area contributed by atoms with E-state index in [2.05, 4.69) is 16.4 Å². The van der Waals surface area contributed by atoms with Crippen LogP contribution in [-0.2, 0) is 0 Å². The van der Waals surface area contributed by atoms with Crippen LogP contribution in [0.2, 0.25) is 5.15 Å². The number of rotatable bonds is 1. The topological polar surface area (TPSA) is 24.9 Å². The molecule has 0 aliphatic carbocycles. The minimum absolute atomic E-state index is 0.590. The molecule has 2 saturated heterocycles. The van der Waals surface area contributed by atoms with Gasteiger partial charge in [0.2, 0.25) is 0 Å². The largest absolute Gasteiger partial charge is 0.311 e. The van der Waals surface area contributed by atoms with Gasteiger partial charge in [-0.25, -0.2) is 4.98 Å². The molecule has 2 bridgehead atoms. The molecule has 1 aromatic heterocycles. The Kier molecular flexibility index (Phi) is 2.41. The highest BCUT2D eigenvalue weighted by Gasteiger charge is 2.35. The van der Waals surface area contributed by atoms with Gasteiger partial charge in [-0.3, -0.25) is 0 Å². The quantitative estimate of drug-likeness (QED) is 0.740. The Morgan fingerprint density at radius 1 is 1.20 bits per heavy atom. The molecule has 1 N–H and O–H groups in total. The summed E-state index contributed by atoms with van der Waals surface area (Å²) in [6.45, 7) is 0. The molecule has 0 amide bonds. The maximum Gasteiger partial charge on any atom is 0.129 e. The van der Waals surface area contributed by atoms with E-state index in [1.807, 2.05) is 12.3 Å². The van der Waals surface area contributed by atoms with Gasteiger partial charge in [0.15, 0.2) is 0 Å². The smallest absolute Gasteiger partial charge is 0.129 e. The molecule has 0 saturated carbocycles. The van der Waals surface area contributed by atoms with Gasteiger partial charge in [-0.2, -0.15) is 0 Å². The predicted octanol–water partition coefficient (Wildman–Crippen LogP) is 2.73. The van der Waals surface area contributed by atoms with E-state index in [1.165, 1.54) is 31.2 Å². The highest BCUT2D eigenvalue weighted by molar-refractivity contribution is 6.29. The van der Waals surface area contributed by atoms with E-state index in [0.29, 0.717) is 17.1 Å². The van der Waals surface area contributed by atoms with E-state index >= 15 is 0 Å². The van der Waals surface area contributed by atoms with E-state index in [0.717, 1.165) is 6.04 Å². The molecule has 0 unspecified atom stereocenters. The third-order valence-corrected chi connectivity index (χ3v) is 3.99. The number of nitrogens with one attached hydrogen (secondary N) is 1. The normalized spacial score (nSPS) is 34.3. The van der Waals surface area contributed by atoms with Gasteiger partial charge in [0.25, 0.3) is 0 Å². The Morgan fingerprint density at radius 3 is 2.87 bits per heavy atom. The van der Waals surface area contributed by atoms with Crippen molar-refractivity contribution in [3.8, 4) is 0 Å². The van der Waals surface area contributed by atoms with Gasteiger partial charge in [0, 0.05) is 24.2 Å². The van der Waals surface area contributed by atoms with Crippen molar-refractivity contribution < 1.29 is 0 Å². The molecule has 3 heteroatoms. The summed E-state index contributed by atoms with van der Waals surface area (Å²) in [5, 5.41) is 4.28. The highest BCUT2D eigenvalue weighted by Crippen LogP contribution is 2.37. The van der Waals surface area contributed by atoms with Crippen molar-refractivity contribution in [3.05, 3.63) is 29.0 Å². The minimum Gasteiger partial charge on any atom is -0.311 e. The van der Waals surface area contributed by atoms with Crippen LogP contribution in [-0.4, -0.2) is 17.1 Å². The molecule has 0 radical (unpaired) electrons. The van der Waals surface area contributed by atoms with Gasteiger partial charge < -0.3 is 5.32 Å². The Labute approximate surface area is 95.0 Å². The molecule has 2 aliphatic rings. The summed E-state index contributed by atoms with van der Waals surface area (Å²) in [6.07, 6.45) is 7.21. The van der Waals surface area contributed by atoms with Crippen molar-refractivity contribution in [1.29, 1.82) is 0 Å². The van der Waals surface area contributed by atoms with Gasteiger partial charge in [-0.1, -0.05) is 17.7 Å². The molecule has 3 atom stereocenters. The van der Waals surface area contributed by atoms with Crippen molar-refractivity contribution in [1.82, 2.24) is 10.3 Å². The lowest BCUT2D eigenvalue weighted by molar-refractivity contribution is 0.358. The molecule has 0 spiro atoms. The lowest BCUT2D eigenvalue weighted by Gasteiger charge is -2.30. The van der Waals surface area contributed by atoms with Gasteiger partial charge in [-0.05, 0) is 37.3 Å². The van der Waals surface area contributed by atoms with E-state index in [-0.39, 0.29) is 0 Å². The fraction of sp³-hybridized carbons (Fsp3) is 0.583. The number of piperidine rings is 1. The zero-order chi connectivity index (χ0) is 10.3. The number of hydrogen-bond acceptors (Lipinski definition) is 2. The Bertz CT molecular complexity index is 349. The van der Waals surface area contributed by atoms with Crippen molar-refractivity contribution in [3.63, 3.8) is 0 Å². The van der Waals surface area contributed by atoms with Crippen LogP contribution in [0.4, 0.5) is 0 Å². The van der Waals surface area contributed by atoms with Crippen molar-refractivity contribution in [2.24, 2.45) is 0 Å². The molecule has 0 aromatic carbocycles. The van der Waals surface area contributed by atoms with Crippen molar-refractivity contribution >= 4 is 11.6 Å². The van der Waals surface area contributed by atoms with Gasteiger partial charge in [-0.15, -0.1) is 0 Å². The molecular weight excluding hydrogens is 208 g/mol. The number of nitrogens with zero attached hydrogens (tertiary/aromatic N) is 1. The second-order valence-electron chi connectivity index (χ2n) is 4.65. The van der Waals surface area contributed by atoms with Crippen LogP contribution in [0.3, 0.4) is 0 Å².